The van der Waals surface area contributed by atoms with E-state index in [9.17, 15) is 18.8 Å². The van der Waals surface area contributed by atoms with Gasteiger partial charge in [0.15, 0.2) is 5.78 Å². The molecule has 0 unspecified atom stereocenters. The van der Waals surface area contributed by atoms with Crippen LogP contribution in [0.4, 0.5) is 4.39 Å². The van der Waals surface area contributed by atoms with Gasteiger partial charge in [-0.2, -0.15) is 0 Å². The van der Waals surface area contributed by atoms with Crippen molar-refractivity contribution in [1.82, 2.24) is 0 Å². The van der Waals surface area contributed by atoms with Crippen molar-refractivity contribution in [3.8, 4) is 11.5 Å². The fourth-order valence-electron chi connectivity index (χ4n) is 2.75. The summed E-state index contributed by atoms with van der Waals surface area (Å²) in [4.78, 5) is 36.7. The van der Waals surface area contributed by atoms with Crippen LogP contribution in [-0.4, -0.2) is 36.9 Å². The van der Waals surface area contributed by atoms with Crippen molar-refractivity contribution in [3.63, 3.8) is 0 Å². The Morgan fingerprint density at radius 3 is 2.21 bits per heavy atom. The van der Waals surface area contributed by atoms with Crippen LogP contribution in [0, 0.1) is 5.82 Å². The lowest BCUT2D eigenvalue weighted by molar-refractivity contribution is 0.0696. The van der Waals surface area contributed by atoms with E-state index in [-0.39, 0.29) is 33.8 Å². The summed E-state index contributed by atoms with van der Waals surface area (Å²) in [6.07, 6.45) is 0. The number of hydrogen-bond acceptors (Lipinski definition) is 5. The van der Waals surface area contributed by atoms with E-state index in [0.717, 1.165) is 18.2 Å². The molecule has 0 aromatic heterocycles. The number of benzene rings is 2. The van der Waals surface area contributed by atoms with E-state index >= 15 is 0 Å². The second-order valence-electron chi connectivity index (χ2n) is 5.06. The summed E-state index contributed by atoms with van der Waals surface area (Å²) < 4.78 is 24.3. The van der Waals surface area contributed by atoms with Crippen LogP contribution in [0.1, 0.15) is 42.2 Å². The van der Waals surface area contributed by atoms with Gasteiger partial charge < -0.3 is 14.6 Å². The lowest BCUT2D eigenvalue weighted by Gasteiger charge is -2.22. The lowest BCUT2D eigenvalue weighted by atomic mass is 9.82. The van der Waals surface area contributed by atoms with Crippen molar-refractivity contribution in [2.45, 2.75) is 0 Å². The third-order valence-corrected chi connectivity index (χ3v) is 3.83. The molecule has 24 heavy (non-hydrogen) atoms. The smallest absolute Gasteiger partial charge is 0.335 e. The monoisotopic (exact) mass is 330 g/mol. The van der Waals surface area contributed by atoms with Gasteiger partial charge in [-0.15, -0.1) is 0 Å². The zero-order valence-corrected chi connectivity index (χ0v) is 12.7. The number of fused-ring (bicyclic) bond motifs is 2. The predicted molar refractivity (Wildman–Crippen MR) is 79.8 cm³/mol. The maximum absolute atomic E-state index is 14.2. The number of ether oxygens (including phenoxy) is 2. The number of hydrogen-bond donors (Lipinski definition) is 1. The fraction of sp³-hybridized carbons (Fsp3) is 0.118. The van der Waals surface area contributed by atoms with Crippen molar-refractivity contribution in [2.75, 3.05) is 14.2 Å². The van der Waals surface area contributed by atoms with E-state index in [2.05, 4.69) is 0 Å². The molecule has 122 valence electrons. The third-order valence-electron chi connectivity index (χ3n) is 3.83. The standard InChI is InChI=1S/C17H11FO6/c1-23-10-4-3-9(18)13-14(10)16(20)12-8(15(13)19)5-7(17(21)22)6-11(12)24-2/h3-6H,1-2H3,(H,21,22). The van der Waals surface area contributed by atoms with Crippen LogP contribution in [0.3, 0.4) is 0 Å². The van der Waals surface area contributed by atoms with Gasteiger partial charge in [-0.1, -0.05) is 0 Å². The number of carbonyl (C=O) groups is 3. The van der Waals surface area contributed by atoms with Gasteiger partial charge in [0, 0.05) is 5.56 Å². The van der Waals surface area contributed by atoms with Crippen molar-refractivity contribution in [2.24, 2.45) is 0 Å². The molecule has 0 saturated heterocycles. The quantitative estimate of drug-likeness (QED) is 0.792. The van der Waals surface area contributed by atoms with E-state index in [1.54, 1.807) is 0 Å². The number of aromatic carboxylic acids is 1. The van der Waals surface area contributed by atoms with Gasteiger partial charge in [0.05, 0.1) is 36.5 Å². The summed E-state index contributed by atoms with van der Waals surface area (Å²) >= 11 is 0. The van der Waals surface area contributed by atoms with E-state index in [1.165, 1.54) is 20.3 Å². The number of halogens is 1. The van der Waals surface area contributed by atoms with E-state index < -0.39 is 28.9 Å². The van der Waals surface area contributed by atoms with Crippen molar-refractivity contribution in [1.29, 1.82) is 0 Å². The maximum Gasteiger partial charge on any atom is 0.335 e. The van der Waals surface area contributed by atoms with Crippen LogP contribution in [0.15, 0.2) is 24.3 Å². The summed E-state index contributed by atoms with van der Waals surface area (Å²) in [6, 6.07) is 4.46. The summed E-state index contributed by atoms with van der Waals surface area (Å²) in [5.41, 5.74) is -1.19. The topological polar surface area (TPSA) is 89.9 Å². The Morgan fingerprint density at radius 1 is 0.958 bits per heavy atom. The summed E-state index contributed by atoms with van der Waals surface area (Å²) in [5.74, 6) is -3.65. The molecule has 0 spiro atoms. The SMILES string of the molecule is COc1cc(C(=O)O)cc2c1C(=O)c1c(OC)ccc(F)c1C2=O. The molecule has 2 aromatic carbocycles. The molecule has 1 aliphatic rings. The zero-order valence-electron chi connectivity index (χ0n) is 12.7. The van der Waals surface area contributed by atoms with Crippen molar-refractivity contribution >= 4 is 17.5 Å². The number of ketones is 2. The number of methoxy groups -OCH3 is 2. The van der Waals surface area contributed by atoms with Gasteiger partial charge in [0.25, 0.3) is 0 Å². The molecule has 1 aliphatic carbocycles. The average Bonchev–Trinajstić information content (AvgIpc) is 2.58. The molecule has 0 fully saturated rings. The molecule has 3 rings (SSSR count). The zero-order chi connectivity index (χ0) is 17.6. The summed E-state index contributed by atoms with van der Waals surface area (Å²) in [7, 11) is 2.54. The van der Waals surface area contributed by atoms with Crippen LogP contribution >= 0.6 is 0 Å². The van der Waals surface area contributed by atoms with Gasteiger partial charge in [-0.05, 0) is 24.3 Å². The highest BCUT2D eigenvalue weighted by atomic mass is 19.1. The van der Waals surface area contributed by atoms with E-state index in [0.29, 0.717) is 0 Å². The molecule has 0 atom stereocenters. The highest BCUT2D eigenvalue weighted by molar-refractivity contribution is 6.30. The molecule has 0 radical (unpaired) electrons. The highest BCUT2D eigenvalue weighted by Gasteiger charge is 2.37. The Kier molecular flexibility index (Phi) is 3.56. The molecule has 2 aromatic rings. The number of carboxylic acids is 1. The molecule has 0 bridgehead atoms. The number of rotatable bonds is 3. The third kappa shape index (κ3) is 2.05. The molecule has 0 aliphatic heterocycles. The Labute approximate surface area is 135 Å². The molecule has 7 heteroatoms. The minimum absolute atomic E-state index is 0.0553. The summed E-state index contributed by atoms with van der Waals surface area (Å²) in [5, 5.41) is 9.14. The Balaban J connectivity index is 2.39. The lowest BCUT2D eigenvalue weighted by Crippen LogP contribution is -2.24. The van der Waals surface area contributed by atoms with Crippen LogP contribution in [-0.2, 0) is 0 Å². The Bertz CT molecular complexity index is 916. The minimum atomic E-state index is -1.30. The maximum atomic E-state index is 14.2. The van der Waals surface area contributed by atoms with Crippen LogP contribution in [0.25, 0.3) is 0 Å². The van der Waals surface area contributed by atoms with Gasteiger partial charge in [-0.25, -0.2) is 9.18 Å². The van der Waals surface area contributed by atoms with Gasteiger partial charge >= 0.3 is 5.97 Å². The minimum Gasteiger partial charge on any atom is -0.496 e. The first-order valence-corrected chi connectivity index (χ1v) is 6.82. The summed E-state index contributed by atoms with van der Waals surface area (Å²) in [6.45, 7) is 0. The average molecular weight is 330 g/mol. The number of carbonyl (C=O) groups excluding carboxylic acids is 2. The van der Waals surface area contributed by atoms with Gasteiger partial charge in [0.2, 0.25) is 5.78 Å². The first-order valence-electron chi connectivity index (χ1n) is 6.82. The van der Waals surface area contributed by atoms with Crippen molar-refractivity contribution < 1.29 is 33.4 Å². The van der Waals surface area contributed by atoms with E-state index in [4.69, 9.17) is 14.6 Å². The van der Waals surface area contributed by atoms with Gasteiger partial charge in [-0.3, -0.25) is 9.59 Å². The molecule has 1 N–H and O–H groups in total. The van der Waals surface area contributed by atoms with Crippen LogP contribution in [0.2, 0.25) is 0 Å². The fourth-order valence-corrected chi connectivity index (χ4v) is 2.75. The van der Waals surface area contributed by atoms with Crippen molar-refractivity contribution in [3.05, 3.63) is 57.9 Å². The Morgan fingerprint density at radius 2 is 1.62 bits per heavy atom. The first-order chi connectivity index (χ1) is 11.4. The largest absolute Gasteiger partial charge is 0.496 e. The first kappa shape index (κ1) is 15.7. The van der Waals surface area contributed by atoms with Crippen LogP contribution < -0.4 is 9.47 Å². The van der Waals surface area contributed by atoms with Gasteiger partial charge in [0.1, 0.15) is 17.3 Å². The van der Waals surface area contributed by atoms with Crippen LogP contribution in [0.5, 0.6) is 11.5 Å². The molecule has 0 amide bonds. The molecular weight excluding hydrogens is 319 g/mol. The Hall–Kier alpha value is -3.22. The second kappa shape index (κ2) is 5.45. The molecule has 0 heterocycles. The van der Waals surface area contributed by atoms with E-state index in [1.807, 2.05) is 0 Å². The number of carboxylic acid groups (broad SMARTS) is 1. The molecule has 6 nitrogen and oxygen atoms in total. The molecule has 0 saturated carbocycles. The normalized spacial score (nSPS) is 12.5. The molecular formula is C17H11FO6. The second-order valence-corrected chi connectivity index (χ2v) is 5.06. The predicted octanol–water partition coefficient (Wildman–Crippen LogP) is 2.32. The highest BCUT2D eigenvalue weighted by Crippen LogP contribution is 2.38.